The van der Waals surface area contributed by atoms with Crippen LogP contribution in [0.1, 0.15) is 23.6 Å². The fourth-order valence-electron chi connectivity index (χ4n) is 3.71. The molecule has 0 amide bonds. The van der Waals surface area contributed by atoms with Crippen LogP contribution in [0.25, 0.3) is 5.52 Å². The number of pyridine rings is 1. The Morgan fingerprint density at radius 2 is 2.10 bits per heavy atom. The molecule has 1 N–H and O–H groups in total. The highest BCUT2D eigenvalue weighted by Gasteiger charge is 2.40. The Kier molecular flexibility index (Phi) is 4.50. The van der Waals surface area contributed by atoms with E-state index in [0.717, 1.165) is 23.2 Å². The summed E-state index contributed by atoms with van der Waals surface area (Å²) in [6, 6.07) is 9.62. The van der Waals surface area contributed by atoms with Crippen molar-refractivity contribution in [3.63, 3.8) is 0 Å². The lowest BCUT2D eigenvalue weighted by atomic mass is 10.2. The fraction of sp³-hybridized carbons (Fsp3) is 0.333. The molecule has 0 bridgehead atoms. The van der Waals surface area contributed by atoms with Gasteiger partial charge in [-0.3, -0.25) is 9.48 Å². The third kappa shape index (κ3) is 3.54. The smallest absolute Gasteiger partial charge is 0.290 e. The van der Waals surface area contributed by atoms with E-state index in [1.165, 1.54) is 4.68 Å². The van der Waals surface area contributed by atoms with Crippen LogP contribution < -0.4 is 15.6 Å². The van der Waals surface area contributed by atoms with Crippen molar-refractivity contribution in [2.24, 2.45) is 20.0 Å². The van der Waals surface area contributed by atoms with Gasteiger partial charge in [0.1, 0.15) is 5.69 Å². The highest BCUT2D eigenvalue weighted by atomic mass is 16.5. The third-order valence-electron chi connectivity index (χ3n) is 5.50. The maximum absolute atomic E-state index is 12.5. The summed E-state index contributed by atoms with van der Waals surface area (Å²) < 4.78 is 10.8. The van der Waals surface area contributed by atoms with E-state index in [2.05, 4.69) is 26.7 Å². The van der Waals surface area contributed by atoms with Gasteiger partial charge in [-0.1, -0.05) is 6.07 Å². The predicted molar refractivity (Wildman–Crippen MR) is 112 cm³/mol. The lowest BCUT2D eigenvalue weighted by Gasteiger charge is -2.10. The minimum atomic E-state index is -0.198. The summed E-state index contributed by atoms with van der Waals surface area (Å²) in [7, 11) is 3.55. The quantitative estimate of drug-likeness (QED) is 0.505. The van der Waals surface area contributed by atoms with Crippen molar-refractivity contribution in [1.82, 2.24) is 29.2 Å². The summed E-state index contributed by atoms with van der Waals surface area (Å²) in [4.78, 5) is 12.5. The van der Waals surface area contributed by atoms with Crippen LogP contribution in [-0.4, -0.2) is 35.8 Å². The number of fused-ring (bicyclic) bond motifs is 1. The number of nitrogens with one attached hydrogen (secondary N) is 1. The molecule has 4 aromatic rings. The highest BCUT2D eigenvalue weighted by molar-refractivity contribution is 5.55. The van der Waals surface area contributed by atoms with Gasteiger partial charge in [0.2, 0.25) is 5.88 Å². The van der Waals surface area contributed by atoms with Crippen molar-refractivity contribution in [3.05, 3.63) is 70.5 Å². The largest absolute Gasteiger partial charge is 0.476 e. The minimum Gasteiger partial charge on any atom is -0.476 e. The average molecular weight is 405 g/mol. The molecule has 0 saturated heterocycles. The van der Waals surface area contributed by atoms with E-state index in [9.17, 15) is 4.79 Å². The van der Waals surface area contributed by atoms with E-state index >= 15 is 0 Å². The van der Waals surface area contributed by atoms with E-state index in [4.69, 9.17) is 4.74 Å². The number of rotatable bonds is 7. The monoisotopic (exact) mass is 405 g/mol. The first-order valence-electron chi connectivity index (χ1n) is 9.94. The normalized spacial score (nSPS) is 17.9. The van der Waals surface area contributed by atoms with Gasteiger partial charge >= 0.3 is 0 Å². The highest BCUT2D eigenvalue weighted by Crippen LogP contribution is 2.46. The van der Waals surface area contributed by atoms with Crippen LogP contribution in [0.3, 0.4) is 0 Å². The number of nitrogens with zero attached hydrogens (tertiary/aromatic N) is 6. The zero-order valence-electron chi connectivity index (χ0n) is 16.9. The van der Waals surface area contributed by atoms with Gasteiger partial charge in [-0.25, -0.2) is 9.20 Å². The van der Waals surface area contributed by atoms with Crippen molar-refractivity contribution in [2.75, 3.05) is 11.9 Å². The lowest BCUT2D eigenvalue weighted by molar-refractivity contribution is 0.278. The van der Waals surface area contributed by atoms with Crippen LogP contribution in [0.15, 0.2) is 53.7 Å². The van der Waals surface area contributed by atoms with Gasteiger partial charge < -0.3 is 10.1 Å². The first kappa shape index (κ1) is 18.4. The predicted octanol–water partition coefficient (Wildman–Crippen LogP) is 1.96. The molecule has 9 nitrogen and oxygen atoms in total. The Bertz CT molecular complexity index is 1260. The molecule has 0 radical (unpaired) electrons. The molecule has 1 fully saturated rings. The summed E-state index contributed by atoms with van der Waals surface area (Å²) >= 11 is 0. The molecule has 30 heavy (non-hydrogen) atoms. The Hall–Kier alpha value is -3.62. The molecule has 1 aliphatic rings. The number of hydrogen-bond acceptors (Lipinski definition) is 6. The van der Waals surface area contributed by atoms with Crippen molar-refractivity contribution in [3.8, 4) is 5.88 Å². The summed E-state index contributed by atoms with van der Waals surface area (Å²) in [6.45, 7) is 1.04. The number of hydrogen-bond donors (Lipinski definition) is 1. The SMILES string of the molecule is Cn1ccc(C2CC2COc2cc(NCc3cnn4ccccc34)c(=O)n(C)n2)n1. The van der Waals surface area contributed by atoms with Crippen LogP contribution in [0.4, 0.5) is 5.69 Å². The van der Waals surface area contributed by atoms with Gasteiger partial charge in [-0.05, 0) is 24.6 Å². The van der Waals surface area contributed by atoms with Gasteiger partial charge in [-0.15, -0.1) is 5.10 Å². The number of anilines is 1. The number of ether oxygens (including phenoxy) is 1. The third-order valence-corrected chi connectivity index (χ3v) is 5.50. The van der Waals surface area contributed by atoms with E-state index < -0.39 is 0 Å². The minimum absolute atomic E-state index is 0.198. The maximum Gasteiger partial charge on any atom is 0.290 e. The molecule has 1 aliphatic carbocycles. The van der Waals surface area contributed by atoms with Crippen LogP contribution in [0.5, 0.6) is 5.88 Å². The molecule has 154 valence electrons. The van der Waals surface area contributed by atoms with Crippen molar-refractivity contribution >= 4 is 11.2 Å². The summed E-state index contributed by atoms with van der Waals surface area (Å²) in [5, 5.41) is 16.2. The van der Waals surface area contributed by atoms with Crippen LogP contribution in [0, 0.1) is 5.92 Å². The molecule has 2 atom stereocenters. The second kappa shape index (κ2) is 7.33. The molecule has 1 saturated carbocycles. The number of aryl methyl sites for hydroxylation is 2. The van der Waals surface area contributed by atoms with Crippen LogP contribution in [-0.2, 0) is 20.6 Å². The van der Waals surface area contributed by atoms with Gasteiger partial charge in [0.25, 0.3) is 5.56 Å². The van der Waals surface area contributed by atoms with E-state index in [1.54, 1.807) is 19.3 Å². The molecule has 0 spiro atoms. The van der Waals surface area contributed by atoms with E-state index in [-0.39, 0.29) is 5.56 Å². The molecular weight excluding hydrogens is 382 g/mol. The summed E-state index contributed by atoms with van der Waals surface area (Å²) in [6.07, 6.45) is 6.72. The molecule has 4 aromatic heterocycles. The molecule has 4 heterocycles. The molecule has 2 unspecified atom stereocenters. The Labute approximate surface area is 172 Å². The second-order valence-corrected chi connectivity index (χ2v) is 7.71. The van der Waals surface area contributed by atoms with Crippen molar-refractivity contribution < 1.29 is 4.74 Å². The molecule has 0 aliphatic heterocycles. The molecule has 5 rings (SSSR count). The first-order chi connectivity index (χ1) is 14.6. The van der Waals surface area contributed by atoms with Gasteiger partial charge in [0.05, 0.1) is 24.0 Å². The zero-order chi connectivity index (χ0) is 20.7. The fourth-order valence-corrected chi connectivity index (χ4v) is 3.71. The number of aromatic nitrogens is 6. The summed E-state index contributed by atoms with van der Waals surface area (Å²) in [5.74, 6) is 1.30. The Morgan fingerprint density at radius 1 is 1.20 bits per heavy atom. The first-order valence-corrected chi connectivity index (χ1v) is 9.94. The van der Waals surface area contributed by atoms with Crippen LogP contribution in [0.2, 0.25) is 0 Å². The molecule has 9 heteroatoms. The van der Waals surface area contributed by atoms with E-state index in [1.807, 2.05) is 46.8 Å². The molecule has 0 aromatic carbocycles. The van der Waals surface area contributed by atoms with Gasteiger partial charge in [-0.2, -0.15) is 10.2 Å². The topological polar surface area (TPSA) is 91.3 Å². The standard InChI is InChI=1S/C21H23N7O2/c1-26-8-6-17(24-26)16-9-14(16)13-30-20-10-18(21(29)27(2)25-20)22-11-15-12-23-28-7-4-3-5-19(15)28/h3-8,10,12,14,16,22H,9,11,13H2,1-2H3. The zero-order valence-corrected chi connectivity index (χ0v) is 16.9. The Balaban J connectivity index is 1.25. The molecular formula is C21H23N7O2. The average Bonchev–Trinajstić information content (AvgIpc) is 3.20. The van der Waals surface area contributed by atoms with Gasteiger partial charge in [0, 0.05) is 56.5 Å². The van der Waals surface area contributed by atoms with E-state index in [0.29, 0.717) is 36.6 Å². The van der Waals surface area contributed by atoms with Crippen molar-refractivity contribution in [2.45, 2.75) is 18.9 Å². The van der Waals surface area contributed by atoms with Crippen molar-refractivity contribution in [1.29, 1.82) is 0 Å². The second-order valence-electron chi connectivity index (χ2n) is 7.71. The van der Waals surface area contributed by atoms with Gasteiger partial charge in [0.15, 0.2) is 0 Å². The summed E-state index contributed by atoms with van der Waals surface area (Å²) in [5.41, 5.74) is 3.37. The lowest BCUT2D eigenvalue weighted by Crippen LogP contribution is -2.24. The Morgan fingerprint density at radius 3 is 2.93 bits per heavy atom. The maximum atomic E-state index is 12.5. The van der Waals surface area contributed by atoms with Crippen LogP contribution >= 0.6 is 0 Å².